The van der Waals surface area contributed by atoms with Crippen LogP contribution >= 0.6 is 11.6 Å². The third-order valence-electron chi connectivity index (χ3n) is 4.17. The summed E-state index contributed by atoms with van der Waals surface area (Å²) in [4.78, 5) is 7.74. The molecule has 1 aliphatic rings. The van der Waals surface area contributed by atoms with E-state index in [9.17, 15) is 0 Å². The summed E-state index contributed by atoms with van der Waals surface area (Å²) in [5.74, 6) is 1.03. The molecule has 102 valence electrons. The molecule has 1 aromatic rings. The van der Waals surface area contributed by atoms with Crippen LogP contribution in [0.2, 0.25) is 5.15 Å². The first-order valence-corrected chi connectivity index (χ1v) is 7.55. The summed E-state index contributed by atoms with van der Waals surface area (Å²) in [6.07, 6.45) is 8.46. The number of nitrogens with one attached hydrogen (secondary N) is 2. The smallest absolute Gasteiger partial charge is 0.151 e. The van der Waals surface area contributed by atoms with E-state index in [1.54, 1.807) is 0 Å². The first-order valence-electron chi connectivity index (χ1n) is 7.17. The van der Waals surface area contributed by atoms with Crippen molar-refractivity contribution in [2.75, 3.05) is 0 Å². The monoisotopic (exact) mass is 269 g/mol. The molecular weight excluding hydrogens is 246 g/mol. The number of imidazole rings is 1. The normalized spacial score (nSPS) is 17.7. The Balaban J connectivity index is 1.90. The fraction of sp³-hybridized carbons (Fsp3) is 0.786. The maximum atomic E-state index is 6.17. The largest absolute Gasteiger partial charge is 0.344 e. The Kier molecular flexibility index (Phi) is 4.68. The van der Waals surface area contributed by atoms with E-state index in [2.05, 4.69) is 29.1 Å². The van der Waals surface area contributed by atoms with Crippen LogP contribution in [0.4, 0.5) is 0 Å². The van der Waals surface area contributed by atoms with Crippen molar-refractivity contribution in [1.29, 1.82) is 0 Å². The van der Waals surface area contributed by atoms with Crippen LogP contribution in [0.25, 0.3) is 0 Å². The van der Waals surface area contributed by atoms with Crippen LogP contribution in [-0.4, -0.2) is 15.5 Å². The summed E-state index contributed by atoms with van der Waals surface area (Å²) < 4.78 is 0. The minimum Gasteiger partial charge on any atom is -0.344 e. The number of rotatable bonds is 7. The van der Waals surface area contributed by atoms with Gasteiger partial charge in [-0.15, -0.1) is 0 Å². The fourth-order valence-corrected chi connectivity index (χ4v) is 2.77. The second kappa shape index (κ2) is 6.07. The van der Waals surface area contributed by atoms with Crippen LogP contribution in [0.1, 0.15) is 63.9 Å². The SMILES string of the molecule is CCCCc1nc(Cl)c(CNC2(CC)CCC2)[nH]1. The number of aromatic nitrogens is 2. The highest BCUT2D eigenvalue weighted by molar-refractivity contribution is 6.30. The summed E-state index contributed by atoms with van der Waals surface area (Å²) in [6, 6.07) is 0. The van der Waals surface area contributed by atoms with E-state index in [0.29, 0.717) is 10.7 Å². The first-order chi connectivity index (χ1) is 8.69. The van der Waals surface area contributed by atoms with Gasteiger partial charge in [0.1, 0.15) is 5.82 Å². The number of halogens is 1. The molecule has 18 heavy (non-hydrogen) atoms. The third kappa shape index (κ3) is 3.07. The third-order valence-corrected chi connectivity index (χ3v) is 4.48. The van der Waals surface area contributed by atoms with Gasteiger partial charge in [0, 0.05) is 18.5 Å². The number of nitrogens with zero attached hydrogens (tertiary/aromatic N) is 1. The van der Waals surface area contributed by atoms with Crippen LogP contribution in [0.3, 0.4) is 0 Å². The molecular formula is C14H24ClN3. The Morgan fingerprint density at radius 1 is 1.39 bits per heavy atom. The highest BCUT2D eigenvalue weighted by Gasteiger charge is 2.34. The average molecular weight is 270 g/mol. The fourth-order valence-electron chi connectivity index (χ4n) is 2.55. The standard InChI is InChI=1S/C14H24ClN3/c1-3-5-7-12-17-11(13(15)18-12)10-16-14(4-2)8-6-9-14/h16H,3-10H2,1-2H3,(H,17,18). The molecule has 0 atom stereocenters. The van der Waals surface area contributed by atoms with E-state index in [0.717, 1.165) is 30.9 Å². The number of hydrogen-bond acceptors (Lipinski definition) is 2. The molecule has 0 saturated heterocycles. The molecule has 0 radical (unpaired) electrons. The van der Waals surface area contributed by atoms with Gasteiger partial charge in [-0.3, -0.25) is 0 Å². The maximum Gasteiger partial charge on any atom is 0.151 e. The van der Waals surface area contributed by atoms with Crippen LogP contribution < -0.4 is 5.32 Å². The molecule has 0 aliphatic heterocycles. The molecule has 1 fully saturated rings. The van der Waals surface area contributed by atoms with Crippen molar-refractivity contribution in [2.24, 2.45) is 0 Å². The molecule has 2 N–H and O–H groups in total. The lowest BCUT2D eigenvalue weighted by Crippen LogP contribution is -2.49. The van der Waals surface area contributed by atoms with Crippen molar-refractivity contribution >= 4 is 11.6 Å². The molecule has 0 amide bonds. The summed E-state index contributed by atoms with van der Waals surface area (Å²) in [5, 5.41) is 4.29. The van der Waals surface area contributed by atoms with Crippen LogP contribution in [-0.2, 0) is 13.0 Å². The molecule has 1 saturated carbocycles. The van der Waals surface area contributed by atoms with Gasteiger partial charge in [-0.1, -0.05) is 31.9 Å². The molecule has 3 nitrogen and oxygen atoms in total. The summed E-state index contributed by atoms with van der Waals surface area (Å²) in [7, 11) is 0. The summed E-state index contributed by atoms with van der Waals surface area (Å²) in [6.45, 7) is 5.26. The lowest BCUT2D eigenvalue weighted by Gasteiger charge is -2.42. The quantitative estimate of drug-likeness (QED) is 0.790. The number of aryl methyl sites for hydroxylation is 1. The lowest BCUT2D eigenvalue weighted by molar-refractivity contribution is 0.175. The zero-order valence-corrected chi connectivity index (χ0v) is 12.2. The Morgan fingerprint density at radius 2 is 2.17 bits per heavy atom. The number of hydrogen-bond donors (Lipinski definition) is 2. The van der Waals surface area contributed by atoms with Gasteiger partial charge in [-0.2, -0.15) is 0 Å². The van der Waals surface area contributed by atoms with Gasteiger partial charge >= 0.3 is 0 Å². The van der Waals surface area contributed by atoms with E-state index in [1.807, 2.05) is 0 Å². The van der Waals surface area contributed by atoms with Crippen molar-refractivity contribution in [3.8, 4) is 0 Å². The van der Waals surface area contributed by atoms with Gasteiger partial charge in [0.15, 0.2) is 5.15 Å². The molecule has 0 unspecified atom stereocenters. The van der Waals surface area contributed by atoms with E-state index in [-0.39, 0.29) is 0 Å². The molecule has 0 aromatic carbocycles. The number of aromatic amines is 1. The van der Waals surface area contributed by atoms with E-state index < -0.39 is 0 Å². The van der Waals surface area contributed by atoms with Crippen molar-refractivity contribution in [3.63, 3.8) is 0 Å². The zero-order valence-electron chi connectivity index (χ0n) is 11.5. The Labute approximate surface area is 115 Å². The Morgan fingerprint density at radius 3 is 2.72 bits per heavy atom. The van der Waals surface area contributed by atoms with Crippen molar-refractivity contribution in [1.82, 2.24) is 15.3 Å². The summed E-state index contributed by atoms with van der Waals surface area (Å²) in [5.41, 5.74) is 1.40. The highest BCUT2D eigenvalue weighted by Crippen LogP contribution is 2.35. The molecule has 0 bridgehead atoms. The number of unbranched alkanes of at least 4 members (excludes halogenated alkanes) is 1. The second-order valence-corrected chi connectivity index (χ2v) is 5.76. The minimum absolute atomic E-state index is 0.359. The molecule has 1 aromatic heterocycles. The molecule has 0 spiro atoms. The van der Waals surface area contributed by atoms with Gasteiger partial charge in [-0.05, 0) is 32.1 Å². The van der Waals surface area contributed by atoms with E-state index in [1.165, 1.54) is 32.1 Å². The van der Waals surface area contributed by atoms with Gasteiger partial charge < -0.3 is 10.3 Å². The zero-order chi connectivity index (χ0) is 13.0. The van der Waals surface area contributed by atoms with Gasteiger partial charge in [0.05, 0.1) is 5.69 Å². The van der Waals surface area contributed by atoms with Crippen molar-refractivity contribution in [2.45, 2.75) is 70.9 Å². The van der Waals surface area contributed by atoms with Crippen LogP contribution in [0.15, 0.2) is 0 Å². The molecule has 1 aliphatic carbocycles. The Hall–Kier alpha value is -0.540. The van der Waals surface area contributed by atoms with Gasteiger partial charge in [0.2, 0.25) is 0 Å². The predicted molar refractivity (Wildman–Crippen MR) is 75.9 cm³/mol. The summed E-state index contributed by atoms with van der Waals surface area (Å²) >= 11 is 6.17. The van der Waals surface area contributed by atoms with Crippen molar-refractivity contribution in [3.05, 3.63) is 16.7 Å². The second-order valence-electron chi connectivity index (χ2n) is 5.40. The van der Waals surface area contributed by atoms with Crippen LogP contribution in [0.5, 0.6) is 0 Å². The average Bonchev–Trinajstić information content (AvgIpc) is 2.67. The number of H-pyrrole nitrogens is 1. The van der Waals surface area contributed by atoms with Gasteiger partial charge in [0.25, 0.3) is 0 Å². The maximum absolute atomic E-state index is 6.17. The molecule has 2 rings (SSSR count). The lowest BCUT2D eigenvalue weighted by atomic mass is 9.75. The molecule has 4 heteroatoms. The molecule has 1 heterocycles. The van der Waals surface area contributed by atoms with Crippen molar-refractivity contribution < 1.29 is 0 Å². The van der Waals surface area contributed by atoms with E-state index >= 15 is 0 Å². The minimum atomic E-state index is 0.359. The highest BCUT2D eigenvalue weighted by atomic mass is 35.5. The first kappa shape index (κ1) is 13.9. The Bertz CT molecular complexity index is 377. The van der Waals surface area contributed by atoms with E-state index in [4.69, 9.17) is 11.6 Å². The van der Waals surface area contributed by atoms with Gasteiger partial charge in [-0.25, -0.2) is 4.98 Å². The van der Waals surface area contributed by atoms with Crippen LogP contribution in [0, 0.1) is 0 Å². The predicted octanol–water partition coefficient (Wildman–Crippen LogP) is 3.83. The topological polar surface area (TPSA) is 40.7 Å².